The van der Waals surface area contributed by atoms with Crippen LogP contribution in [0.25, 0.3) is 16.9 Å². The van der Waals surface area contributed by atoms with E-state index in [9.17, 15) is 4.79 Å². The molecule has 0 fully saturated rings. The summed E-state index contributed by atoms with van der Waals surface area (Å²) in [4.78, 5) is 20.6. The third-order valence-corrected chi connectivity index (χ3v) is 2.55. The first-order valence-electron chi connectivity index (χ1n) is 5.24. The van der Waals surface area contributed by atoms with Crippen molar-refractivity contribution < 1.29 is 0 Å². The topological polar surface area (TPSA) is 47.3 Å². The van der Waals surface area contributed by atoms with E-state index in [2.05, 4.69) is 9.97 Å². The standard InChI is InChI=1S/C13H9N3O/c17-13-10(11-5-1-3-7-14-11)9-15-12-6-2-4-8-16(12)13/h1-9H. The Bertz CT molecular complexity index is 719. The molecule has 0 saturated heterocycles. The normalized spacial score (nSPS) is 10.6. The zero-order chi connectivity index (χ0) is 11.7. The summed E-state index contributed by atoms with van der Waals surface area (Å²) in [6.07, 6.45) is 4.94. The highest BCUT2D eigenvalue weighted by atomic mass is 16.1. The minimum Gasteiger partial charge on any atom is -0.268 e. The number of nitrogens with zero attached hydrogens (tertiary/aromatic N) is 3. The third-order valence-electron chi connectivity index (χ3n) is 2.55. The first-order valence-corrected chi connectivity index (χ1v) is 5.24. The van der Waals surface area contributed by atoms with E-state index < -0.39 is 0 Å². The van der Waals surface area contributed by atoms with Crippen molar-refractivity contribution in [3.63, 3.8) is 0 Å². The zero-order valence-corrected chi connectivity index (χ0v) is 8.95. The molecule has 3 rings (SSSR count). The van der Waals surface area contributed by atoms with Gasteiger partial charge in [-0.25, -0.2) is 4.98 Å². The van der Waals surface area contributed by atoms with Crippen LogP contribution in [0.2, 0.25) is 0 Å². The highest BCUT2D eigenvalue weighted by Crippen LogP contribution is 2.10. The molecule has 0 aliphatic rings. The SMILES string of the molecule is O=c1c(-c2ccccn2)cnc2ccccn12. The highest BCUT2D eigenvalue weighted by molar-refractivity contribution is 5.58. The fourth-order valence-electron chi connectivity index (χ4n) is 1.72. The van der Waals surface area contributed by atoms with Crippen LogP contribution < -0.4 is 5.56 Å². The van der Waals surface area contributed by atoms with Crippen LogP contribution in [0.15, 0.2) is 59.8 Å². The van der Waals surface area contributed by atoms with Crippen molar-refractivity contribution in [2.75, 3.05) is 0 Å². The fourth-order valence-corrected chi connectivity index (χ4v) is 1.72. The Morgan fingerprint density at radius 1 is 1.00 bits per heavy atom. The van der Waals surface area contributed by atoms with Gasteiger partial charge in [-0.15, -0.1) is 0 Å². The molecule has 0 atom stereocenters. The van der Waals surface area contributed by atoms with Gasteiger partial charge in [-0.05, 0) is 24.3 Å². The Hall–Kier alpha value is -2.49. The lowest BCUT2D eigenvalue weighted by Crippen LogP contribution is -2.16. The summed E-state index contributed by atoms with van der Waals surface area (Å²) >= 11 is 0. The highest BCUT2D eigenvalue weighted by Gasteiger charge is 2.06. The summed E-state index contributed by atoms with van der Waals surface area (Å²) in [6.45, 7) is 0. The van der Waals surface area contributed by atoms with Crippen LogP contribution in [0.5, 0.6) is 0 Å². The summed E-state index contributed by atoms with van der Waals surface area (Å²) < 4.78 is 1.52. The maximum Gasteiger partial charge on any atom is 0.267 e. The molecule has 3 aromatic heterocycles. The van der Waals surface area contributed by atoms with E-state index in [1.54, 1.807) is 36.8 Å². The summed E-state index contributed by atoms with van der Waals surface area (Å²) in [6, 6.07) is 10.9. The van der Waals surface area contributed by atoms with Crippen LogP contribution >= 0.6 is 0 Å². The summed E-state index contributed by atoms with van der Waals surface area (Å²) in [7, 11) is 0. The van der Waals surface area contributed by atoms with Gasteiger partial charge in [-0.3, -0.25) is 14.2 Å². The zero-order valence-electron chi connectivity index (χ0n) is 8.95. The fraction of sp³-hybridized carbons (Fsp3) is 0. The number of fused-ring (bicyclic) bond motifs is 1. The summed E-state index contributed by atoms with van der Waals surface area (Å²) in [5, 5.41) is 0. The minimum absolute atomic E-state index is 0.102. The van der Waals surface area contributed by atoms with Gasteiger partial charge in [0.2, 0.25) is 0 Å². The lowest BCUT2D eigenvalue weighted by Gasteiger charge is -2.02. The first-order chi connectivity index (χ1) is 8.36. The number of aromatic nitrogens is 3. The van der Waals surface area contributed by atoms with E-state index >= 15 is 0 Å². The van der Waals surface area contributed by atoms with E-state index in [0.717, 1.165) is 0 Å². The van der Waals surface area contributed by atoms with Crippen LogP contribution in [0.3, 0.4) is 0 Å². The predicted octanol–water partition coefficient (Wildman–Crippen LogP) is 1.76. The van der Waals surface area contributed by atoms with Gasteiger partial charge in [0.05, 0.1) is 11.3 Å². The summed E-state index contributed by atoms with van der Waals surface area (Å²) in [5.41, 5.74) is 1.68. The van der Waals surface area contributed by atoms with Crippen LogP contribution in [-0.2, 0) is 0 Å². The van der Waals surface area contributed by atoms with Crippen molar-refractivity contribution >= 4 is 5.65 Å². The number of rotatable bonds is 1. The molecule has 4 heteroatoms. The molecular weight excluding hydrogens is 214 g/mol. The van der Waals surface area contributed by atoms with Gasteiger partial charge in [0.15, 0.2) is 0 Å². The molecule has 0 radical (unpaired) electrons. The van der Waals surface area contributed by atoms with Gasteiger partial charge in [0.1, 0.15) is 5.65 Å². The quantitative estimate of drug-likeness (QED) is 0.631. The molecule has 0 N–H and O–H groups in total. The van der Waals surface area contributed by atoms with E-state index in [0.29, 0.717) is 16.9 Å². The van der Waals surface area contributed by atoms with Crippen molar-refractivity contribution in [3.8, 4) is 11.3 Å². The van der Waals surface area contributed by atoms with Gasteiger partial charge in [-0.1, -0.05) is 12.1 Å². The third kappa shape index (κ3) is 1.59. The van der Waals surface area contributed by atoms with Crippen molar-refractivity contribution in [2.24, 2.45) is 0 Å². The number of pyridine rings is 2. The molecule has 3 aromatic rings. The van der Waals surface area contributed by atoms with Crippen LogP contribution in [0.4, 0.5) is 0 Å². The lowest BCUT2D eigenvalue weighted by molar-refractivity contribution is 1.04. The molecule has 0 saturated carbocycles. The first kappa shape index (κ1) is 9.72. The molecule has 17 heavy (non-hydrogen) atoms. The maximum atomic E-state index is 12.2. The Balaban J connectivity index is 2.33. The van der Waals surface area contributed by atoms with Gasteiger partial charge in [0, 0.05) is 18.6 Å². The van der Waals surface area contributed by atoms with Gasteiger partial charge >= 0.3 is 0 Å². The second kappa shape index (κ2) is 3.83. The second-order valence-electron chi connectivity index (χ2n) is 3.62. The number of hydrogen-bond donors (Lipinski definition) is 0. The Labute approximate surface area is 97.2 Å². The maximum absolute atomic E-state index is 12.2. The molecule has 0 aliphatic carbocycles. The number of hydrogen-bond acceptors (Lipinski definition) is 3. The molecule has 0 aromatic carbocycles. The largest absolute Gasteiger partial charge is 0.268 e. The average molecular weight is 223 g/mol. The molecule has 0 aliphatic heterocycles. The van der Waals surface area contributed by atoms with Gasteiger partial charge in [-0.2, -0.15) is 0 Å². The molecule has 0 bridgehead atoms. The molecular formula is C13H9N3O. The monoisotopic (exact) mass is 223 g/mol. The van der Waals surface area contributed by atoms with Gasteiger partial charge < -0.3 is 0 Å². The van der Waals surface area contributed by atoms with Crippen LogP contribution in [0, 0.1) is 0 Å². The van der Waals surface area contributed by atoms with Crippen molar-refractivity contribution in [1.29, 1.82) is 0 Å². The smallest absolute Gasteiger partial charge is 0.267 e. The predicted molar refractivity (Wildman–Crippen MR) is 64.7 cm³/mol. The van der Waals surface area contributed by atoms with Crippen molar-refractivity contribution in [3.05, 3.63) is 65.3 Å². The van der Waals surface area contributed by atoms with Crippen LogP contribution in [-0.4, -0.2) is 14.4 Å². The minimum atomic E-state index is -0.102. The Morgan fingerprint density at radius 2 is 1.88 bits per heavy atom. The van der Waals surface area contributed by atoms with E-state index in [1.807, 2.05) is 18.2 Å². The Kier molecular flexibility index (Phi) is 2.19. The molecule has 0 unspecified atom stereocenters. The lowest BCUT2D eigenvalue weighted by atomic mass is 10.2. The van der Waals surface area contributed by atoms with Crippen molar-refractivity contribution in [2.45, 2.75) is 0 Å². The van der Waals surface area contributed by atoms with E-state index in [4.69, 9.17) is 0 Å². The Morgan fingerprint density at radius 3 is 2.71 bits per heavy atom. The summed E-state index contributed by atoms with van der Waals surface area (Å²) in [5.74, 6) is 0. The van der Waals surface area contributed by atoms with Gasteiger partial charge in [0.25, 0.3) is 5.56 Å². The molecule has 0 spiro atoms. The molecule has 4 nitrogen and oxygen atoms in total. The van der Waals surface area contributed by atoms with E-state index in [-0.39, 0.29) is 5.56 Å². The molecule has 82 valence electrons. The van der Waals surface area contributed by atoms with E-state index in [1.165, 1.54) is 4.40 Å². The second-order valence-corrected chi connectivity index (χ2v) is 3.62. The average Bonchev–Trinajstić information content (AvgIpc) is 2.40. The van der Waals surface area contributed by atoms with Crippen LogP contribution in [0.1, 0.15) is 0 Å². The molecule has 3 heterocycles. The molecule has 0 amide bonds. The van der Waals surface area contributed by atoms with Crippen molar-refractivity contribution in [1.82, 2.24) is 14.4 Å².